The Hall–Kier alpha value is -0.770. The van der Waals surface area contributed by atoms with Crippen LogP contribution in [-0.4, -0.2) is 43.3 Å². The van der Waals surface area contributed by atoms with Crippen molar-refractivity contribution in [2.45, 2.75) is 52.5 Å². The minimum absolute atomic E-state index is 0.157. The van der Waals surface area contributed by atoms with E-state index in [-0.39, 0.29) is 6.09 Å². The zero-order valence-corrected chi connectivity index (χ0v) is 12.1. The van der Waals surface area contributed by atoms with Crippen molar-refractivity contribution in [3.8, 4) is 0 Å². The molecule has 106 valence electrons. The van der Waals surface area contributed by atoms with Crippen molar-refractivity contribution in [3.63, 3.8) is 0 Å². The van der Waals surface area contributed by atoms with Gasteiger partial charge < -0.3 is 15.0 Å². The molecule has 0 aliphatic carbocycles. The molecule has 1 saturated heterocycles. The van der Waals surface area contributed by atoms with Gasteiger partial charge in [-0.1, -0.05) is 20.3 Å². The Labute approximate surface area is 111 Å². The number of rotatable bonds is 6. The molecule has 1 aliphatic heterocycles. The third-order valence-corrected chi connectivity index (χ3v) is 3.56. The highest BCUT2D eigenvalue weighted by Gasteiger charge is 2.23. The van der Waals surface area contributed by atoms with E-state index in [1.807, 2.05) is 11.8 Å². The Balaban J connectivity index is 2.17. The molecule has 1 amide bonds. The summed E-state index contributed by atoms with van der Waals surface area (Å²) < 4.78 is 5.01. The summed E-state index contributed by atoms with van der Waals surface area (Å²) in [4.78, 5) is 13.4. The molecular formula is C14H28N2O2. The zero-order chi connectivity index (χ0) is 13.4. The number of nitrogens with one attached hydrogen (secondary N) is 1. The molecule has 0 aromatic rings. The van der Waals surface area contributed by atoms with Gasteiger partial charge in [0.05, 0.1) is 6.61 Å². The Kier molecular flexibility index (Phi) is 7.09. The Morgan fingerprint density at radius 3 is 2.61 bits per heavy atom. The summed E-state index contributed by atoms with van der Waals surface area (Å²) in [6.07, 6.45) is 4.46. The first-order chi connectivity index (χ1) is 8.67. The van der Waals surface area contributed by atoms with Gasteiger partial charge in [-0.2, -0.15) is 0 Å². The highest BCUT2D eigenvalue weighted by molar-refractivity contribution is 5.67. The number of hydrogen-bond acceptors (Lipinski definition) is 3. The van der Waals surface area contributed by atoms with Gasteiger partial charge in [0, 0.05) is 19.1 Å². The van der Waals surface area contributed by atoms with Crippen LogP contribution in [0.3, 0.4) is 0 Å². The van der Waals surface area contributed by atoms with Gasteiger partial charge in [0.25, 0.3) is 0 Å². The van der Waals surface area contributed by atoms with Gasteiger partial charge in [0.15, 0.2) is 0 Å². The van der Waals surface area contributed by atoms with E-state index in [1.165, 1.54) is 12.8 Å². The summed E-state index contributed by atoms with van der Waals surface area (Å²) in [6, 6.07) is 0.565. The van der Waals surface area contributed by atoms with E-state index < -0.39 is 0 Å². The van der Waals surface area contributed by atoms with Crippen molar-refractivity contribution >= 4 is 6.09 Å². The van der Waals surface area contributed by atoms with Crippen LogP contribution in [0.25, 0.3) is 0 Å². The molecule has 1 fully saturated rings. The van der Waals surface area contributed by atoms with Gasteiger partial charge in [-0.25, -0.2) is 4.79 Å². The van der Waals surface area contributed by atoms with Gasteiger partial charge in [-0.05, 0) is 38.6 Å². The summed E-state index contributed by atoms with van der Waals surface area (Å²) in [5, 5.41) is 3.62. The van der Waals surface area contributed by atoms with Crippen molar-refractivity contribution < 1.29 is 9.53 Å². The van der Waals surface area contributed by atoms with Crippen molar-refractivity contribution in [2.75, 3.05) is 26.2 Å². The molecule has 1 aliphatic rings. The molecule has 4 nitrogen and oxygen atoms in total. The second kappa shape index (κ2) is 8.35. The topological polar surface area (TPSA) is 41.6 Å². The first-order valence-corrected chi connectivity index (χ1v) is 7.32. The van der Waals surface area contributed by atoms with Crippen molar-refractivity contribution in [3.05, 3.63) is 0 Å². The lowest BCUT2D eigenvalue weighted by Crippen LogP contribution is -2.45. The predicted octanol–water partition coefficient (Wildman–Crippen LogP) is 2.63. The van der Waals surface area contributed by atoms with E-state index in [0.29, 0.717) is 12.6 Å². The number of ether oxygens (including phenoxy) is 1. The second-order valence-electron chi connectivity index (χ2n) is 5.26. The highest BCUT2D eigenvalue weighted by atomic mass is 16.6. The molecule has 0 radical (unpaired) electrons. The molecule has 0 saturated carbocycles. The van der Waals surface area contributed by atoms with Crippen LogP contribution >= 0.6 is 0 Å². The molecule has 18 heavy (non-hydrogen) atoms. The molecule has 0 aromatic carbocycles. The lowest BCUT2D eigenvalue weighted by Gasteiger charge is -2.32. The first kappa shape index (κ1) is 15.3. The summed E-state index contributed by atoms with van der Waals surface area (Å²) in [5.41, 5.74) is 0. The highest BCUT2D eigenvalue weighted by Crippen LogP contribution is 2.12. The molecule has 0 bridgehead atoms. The fourth-order valence-corrected chi connectivity index (χ4v) is 2.44. The average Bonchev–Trinajstić information content (AvgIpc) is 2.37. The van der Waals surface area contributed by atoms with Gasteiger partial charge in [-0.3, -0.25) is 0 Å². The molecule has 1 heterocycles. The van der Waals surface area contributed by atoms with Crippen LogP contribution < -0.4 is 5.32 Å². The van der Waals surface area contributed by atoms with Gasteiger partial charge in [0.1, 0.15) is 0 Å². The van der Waals surface area contributed by atoms with E-state index in [1.54, 1.807) is 0 Å². The third-order valence-electron chi connectivity index (χ3n) is 3.56. The molecule has 4 heteroatoms. The third kappa shape index (κ3) is 5.25. The van der Waals surface area contributed by atoms with E-state index in [4.69, 9.17) is 4.74 Å². The molecular weight excluding hydrogens is 228 g/mol. The van der Waals surface area contributed by atoms with Crippen molar-refractivity contribution in [1.29, 1.82) is 0 Å². The van der Waals surface area contributed by atoms with E-state index >= 15 is 0 Å². The minimum atomic E-state index is -0.157. The van der Waals surface area contributed by atoms with E-state index in [9.17, 15) is 4.79 Å². The van der Waals surface area contributed by atoms with Crippen molar-refractivity contribution in [2.24, 2.45) is 5.92 Å². The van der Waals surface area contributed by atoms with Gasteiger partial charge in [-0.15, -0.1) is 0 Å². The predicted molar refractivity (Wildman–Crippen MR) is 73.7 cm³/mol. The normalized spacial score (nSPS) is 18.7. The fourth-order valence-electron chi connectivity index (χ4n) is 2.44. The van der Waals surface area contributed by atoms with Crippen molar-refractivity contribution in [1.82, 2.24) is 10.2 Å². The maximum Gasteiger partial charge on any atom is 0.409 e. The van der Waals surface area contributed by atoms with Crippen LogP contribution in [0.1, 0.15) is 46.5 Å². The zero-order valence-electron chi connectivity index (χ0n) is 12.1. The van der Waals surface area contributed by atoms with Crippen LogP contribution in [0.5, 0.6) is 0 Å². The number of amides is 1. The Morgan fingerprint density at radius 2 is 2.06 bits per heavy atom. The second-order valence-corrected chi connectivity index (χ2v) is 5.26. The number of hydrogen-bond donors (Lipinski definition) is 1. The lowest BCUT2D eigenvalue weighted by molar-refractivity contribution is 0.0948. The molecule has 0 aromatic heterocycles. The number of piperidine rings is 1. The van der Waals surface area contributed by atoms with Crippen LogP contribution in [0.15, 0.2) is 0 Å². The molecule has 1 rings (SSSR count). The molecule has 1 N–H and O–H groups in total. The Morgan fingerprint density at radius 1 is 1.39 bits per heavy atom. The number of carbonyl (C=O) groups excluding carboxylic acids is 1. The number of nitrogens with zero attached hydrogens (tertiary/aromatic N) is 1. The summed E-state index contributed by atoms with van der Waals surface area (Å²) in [6.45, 7) is 9.57. The standard InChI is InChI=1S/C14H28N2O2/c1-4-6-12(3)11-15-13-7-9-16(10-8-13)14(17)18-5-2/h12-13,15H,4-11H2,1-3H3. The summed E-state index contributed by atoms with van der Waals surface area (Å²) in [7, 11) is 0. The monoisotopic (exact) mass is 256 g/mol. The first-order valence-electron chi connectivity index (χ1n) is 7.32. The Bertz CT molecular complexity index is 238. The van der Waals surface area contributed by atoms with Crippen LogP contribution in [0, 0.1) is 5.92 Å². The maximum absolute atomic E-state index is 11.5. The maximum atomic E-state index is 11.5. The minimum Gasteiger partial charge on any atom is -0.450 e. The smallest absolute Gasteiger partial charge is 0.409 e. The fraction of sp³-hybridized carbons (Fsp3) is 0.929. The van der Waals surface area contributed by atoms with E-state index in [2.05, 4.69) is 19.2 Å². The number of likely N-dealkylation sites (tertiary alicyclic amines) is 1. The molecule has 1 unspecified atom stereocenters. The molecule has 0 spiro atoms. The SMILES string of the molecule is CCCC(C)CNC1CCN(C(=O)OCC)CC1. The number of carbonyl (C=O) groups is 1. The van der Waals surface area contributed by atoms with Gasteiger partial charge >= 0.3 is 6.09 Å². The van der Waals surface area contributed by atoms with Crippen LogP contribution in [0.2, 0.25) is 0 Å². The van der Waals surface area contributed by atoms with Crippen LogP contribution in [0.4, 0.5) is 4.79 Å². The quantitative estimate of drug-likeness (QED) is 0.794. The molecule has 1 atom stereocenters. The summed E-state index contributed by atoms with van der Waals surface area (Å²) >= 11 is 0. The lowest BCUT2D eigenvalue weighted by atomic mass is 10.0. The average molecular weight is 256 g/mol. The largest absolute Gasteiger partial charge is 0.450 e. The summed E-state index contributed by atoms with van der Waals surface area (Å²) in [5.74, 6) is 0.748. The van der Waals surface area contributed by atoms with Crippen LogP contribution in [-0.2, 0) is 4.74 Å². The van der Waals surface area contributed by atoms with E-state index in [0.717, 1.165) is 38.4 Å². The van der Waals surface area contributed by atoms with Gasteiger partial charge in [0.2, 0.25) is 0 Å².